The Labute approximate surface area is 304 Å². The van der Waals surface area contributed by atoms with E-state index in [0.717, 1.165) is 11.4 Å². The van der Waals surface area contributed by atoms with Gasteiger partial charge in [-0.3, -0.25) is 0 Å². The van der Waals surface area contributed by atoms with E-state index in [-0.39, 0.29) is 0 Å². The Morgan fingerprint density at radius 3 is 1.27 bits per heavy atom. The molecule has 0 saturated carbocycles. The Balaban J connectivity index is 1.19. The number of hydrogen-bond acceptors (Lipinski definition) is 2. The Morgan fingerprint density at radius 2 is 0.725 bits per heavy atom. The molecule has 0 atom stereocenters. The molecule has 0 aliphatic carbocycles. The van der Waals surface area contributed by atoms with Crippen LogP contribution in [0.25, 0.3) is 33.4 Å². The van der Waals surface area contributed by atoms with Crippen molar-refractivity contribution < 1.29 is 0 Å². The van der Waals surface area contributed by atoms with Crippen molar-refractivity contribution in [1.29, 1.82) is 0 Å². The quantitative estimate of drug-likeness (QED) is 0.166. The minimum Gasteiger partial charge on any atom is -0.311 e. The van der Waals surface area contributed by atoms with Gasteiger partial charge in [-0.05, 0) is 103 Å². The molecular weight excluding hydrogens is 651 g/mol. The van der Waals surface area contributed by atoms with E-state index in [2.05, 4.69) is 205 Å². The van der Waals surface area contributed by atoms with Crippen molar-refractivity contribution in [3.05, 3.63) is 200 Å². The SMILES string of the molecule is c1ccc(-c2ccc(N(c3ccc(-c4ccccc4)cc3)c3ccc4c(c3)[Si]3(c5ccccc5S4)c4ccccc4-c4ccccc43)cc2)cc1. The second-order valence-corrected chi connectivity index (χ2v) is 18.0. The second kappa shape index (κ2) is 12.2. The molecule has 10 rings (SSSR count). The molecule has 0 radical (unpaired) electrons. The summed E-state index contributed by atoms with van der Waals surface area (Å²) in [7, 11) is -2.63. The minimum absolute atomic E-state index is 1.13. The van der Waals surface area contributed by atoms with Gasteiger partial charge in [0.2, 0.25) is 0 Å². The Morgan fingerprint density at radius 1 is 0.314 bits per heavy atom. The molecule has 240 valence electrons. The van der Waals surface area contributed by atoms with Gasteiger partial charge in [-0.25, -0.2) is 0 Å². The van der Waals surface area contributed by atoms with Crippen LogP contribution >= 0.6 is 11.8 Å². The highest BCUT2D eigenvalue weighted by atomic mass is 32.2. The number of fused-ring (bicyclic) bond motifs is 9. The molecule has 2 heterocycles. The summed E-state index contributed by atoms with van der Waals surface area (Å²) in [6, 6.07) is 74.1. The zero-order chi connectivity index (χ0) is 33.8. The lowest BCUT2D eigenvalue weighted by Gasteiger charge is -2.38. The molecule has 0 N–H and O–H groups in total. The van der Waals surface area contributed by atoms with Gasteiger partial charge in [0.15, 0.2) is 8.07 Å². The van der Waals surface area contributed by atoms with Crippen LogP contribution in [-0.2, 0) is 0 Å². The molecule has 0 aromatic heterocycles. The van der Waals surface area contributed by atoms with E-state index in [1.165, 1.54) is 69.6 Å². The Kier molecular flexibility index (Phi) is 7.16. The van der Waals surface area contributed by atoms with Crippen LogP contribution in [0, 0.1) is 0 Å². The Hall–Kier alpha value is -5.87. The summed E-state index contributed by atoms with van der Waals surface area (Å²) in [6.07, 6.45) is 0. The first-order chi connectivity index (χ1) is 25.3. The fourth-order valence-electron chi connectivity index (χ4n) is 8.30. The van der Waals surface area contributed by atoms with Crippen LogP contribution in [0.2, 0.25) is 0 Å². The van der Waals surface area contributed by atoms with Crippen molar-refractivity contribution in [2.45, 2.75) is 9.79 Å². The van der Waals surface area contributed by atoms with E-state index in [1.807, 2.05) is 11.8 Å². The predicted molar refractivity (Wildman–Crippen MR) is 219 cm³/mol. The molecule has 8 aromatic carbocycles. The third-order valence-corrected chi connectivity index (χ3v) is 17.0. The molecule has 0 fully saturated rings. The number of rotatable bonds is 5. The molecule has 51 heavy (non-hydrogen) atoms. The first-order valence-corrected chi connectivity index (χ1v) is 20.3. The number of anilines is 3. The van der Waals surface area contributed by atoms with E-state index < -0.39 is 8.07 Å². The molecule has 8 aromatic rings. The molecule has 2 aliphatic heterocycles. The lowest BCUT2D eigenvalue weighted by molar-refractivity contribution is 1.27. The molecule has 2 aliphatic rings. The topological polar surface area (TPSA) is 3.24 Å². The lowest BCUT2D eigenvalue weighted by Crippen LogP contribution is -2.74. The molecule has 0 unspecified atom stereocenters. The Bertz CT molecular complexity index is 2420. The number of hydrogen-bond donors (Lipinski definition) is 0. The van der Waals surface area contributed by atoms with Gasteiger partial charge in [0.25, 0.3) is 0 Å². The smallest absolute Gasteiger partial charge is 0.183 e. The van der Waals surface area contributed by atoms with Gasteiger partial charge in [-0.2, -0.15) is 0 Å². The molecule has 0 saturated heterocycles. The fourth-order valence-corrected chi connectivity index (χ4v) is 15.7. The summed E-state index contributed by atoms with van der Waals surface area (Å²) < 4.78 is 0. The van der Waals surface area contributed by atoms with Crippen molar-refractivity contribution in [2.75, 3.05) is 4.90 Å². The number of benzene rings is 8. The van der Waals surface area contributed by atoms with Gasteiger partial charge >= 0.3 is 0 Å². The monoisotopic (exact) mass is 683 g/mol. The molecule has 1 spiro atoms. The summed E-state index contributed by atoms with van der Waals surface area (Å²) in [5.74, 6) is 0. The zero-order valence-corrected chi connectivity index (χ0v) is 29.7. The van der Waals surface area contributed by atoms with Gasteiger partial charge in [0.1, 0.15) is 0 Å². The lowest BCUT2D eigenvalue weighted by atomic mass is 10.0. The predicted octanol–water partition coefficient (Wildman–Crippen LogP) is 10.3. The van der Waals surface area contributed by atoms with E-state index >= 15 is 0 Å². The van der Waals surface area contributed by atoms with Crippen LogP contribution in [0.15, 0.2) is 210 Å². The van der Waals surface area contributed by atoms with Gasteiger partial charge in [-0.15, -0.1) is 0 Å². The van der Waals surface area contributed by atoms with E-state index in [9.17, 15) is 0 Å². The standard InChI is InChI=1S/C48H33NSSi/c1-3-13-34(14-4-1)36-23-27-38(28-24-36)49(39-29-25-37(26-30-39)35-15-5-2-6-16-35)40-31-32-44-48(33-40)51(47-22-12-9-19-43(47)50-44)45-20-10-7-17-41(45)42-18-8-11-21-46(42)51/h1-33H. The normalized spacial score (nSPS) is 13.2. The summed E-state index contributed by atoms with van der Waals surface area (Å²) in [5, 5.41) is 5.93. The third-order valence-electron chi connectivity index (χ3n) is 10.6. The van der Waals surface area contributed by atoms with Crippen LogP contribution in [0.4, 0.5) is 17.1 Å². The fraction of sp³-hybridized carbons (Fsp3) is 0. The highest BCUT2D eigenvalue weighted by molar-refractivity contribution is 8.00. The van der Waals surface area contributed by atoms with Crippen molar-refractivity contribution in [3.8, 4) is 33.4 Å². The number of nitrogens with zero attached hydrogens (tertiary/aromatic N) is 1. The van der Waals surface area contributed by atoms with Crippen molar-refractivity contribution in [2.24, 2.45) is 0 Å². The van der Waals surface area contributed by atoms with Crippen LogP contribution < -0.4 is 25.6 Å². The summed E-state index contributed by atoms with van der Waals surface area (Å²) in [6.45, 7) is 0. The second-order valence-electron chi connectivity index (χ2n) is 13.3. The average molecular weight is 684 g/mol. The van der Waals surface area contributed by atoms with Gasteiger partial charge in [-0.1, -0.05) is 163 Å². The maximum absolute atomic E-state index is 2.63. The van der Waals surface area contributed by atoms with E-state index in [1.54, 1.807) is 0 Å². The third kappa shape index (κ3) is 4.77. The zero-order valence-electron chi connectivity index (χ0n) is 27.9. The largest absolute Gasteiger partial charge is 0.311 e. The van der Waals surface area contributed by atoms with Gasteiger partial charge < -0.3 is 4.90 Å². The van der Waals surface area contributed by atoms with Crippen LogP contribution in [-0.4, -0.2) is 8.07 Å². The molecule has 0 bridgehead atoms. The summed E-state index contributed by atoms with van der Waals surface area (Å²) >= 11 is 1.92. The molecule has 0 amide bonds. The maximum atomic E-state index is 2.53. The minimum atomic E-state index is -2.63. The maximum Gasteiger partial charge on any atom is 0.183 e. The van der Waals surface area contributed by atoms with Crippen molar-refractivity contribution in [3.63, 3.8) is 0 Å². The first-order valence-electron chi connectivity index (χ1n) is 17.5. The van der Waals surface area contributed by atoms with Crippen molar-refractivity contribution >= 4 is 57.6 Å². The van der Waals surface area contributed by atoms with Gasteiger partial charge in [0, 0.05) is 26.9 Å². The average Bonchev–Trinajstić information content (AvgIpc) is 3.50. The van der Waals surface area contributed by atoms with E-state index in [4.69, 9.17) is 0 Å². The molecular formula is C48H33NSSi. The summed E-state index contributed by atoms with van der Waals surface area (Å²) in [4.78, 5) is 5.17. The van der Waals surface area contributed by atoms with Crippen LogP contribution in [0.1, 0.15) is 0 Å². The van der Waals surface area contributed by atoms with E-state index in [0.29, 0.717) is 0 Å². The van der Waals surface area contributed by atoms with Gasteiger partial charge in [0.05, 0.1) is 0 Å². The first kappa shape index (κ1) is 30.0. The molecule has 1 nitrogen and oxygen atoms in total. The van der Waals surface area contributed by atoms with Crippen LogP contribution in [0.5, 0.6) is 0 Å². The highest BCUT2D eigenvalue weighted by Crippen LogP contribution is 2.42. The van der Waals surface area contributed by atoms with Crippen LogP contribution in [0.3, 0.4) is 0 Å². The summed E-state index contributed by atoms with van der Waals surface area (Å²) in [5.41, 5.74) is 11.1. The highest BCUT2D eigenvalue weighted by Gasteiger charge is 2.52. The van der Waals surface area contributed by atoms with Crippen molar-refractivity contribution in [1.82, 2.24) is 0 Å². The molecule has 3 heteroatoms.